The maximum Gasteiger partial charge on any atom is 0.248 e. The lowest BCUT2D eigenvalue weighted by Gasteiger charge is -2.28. The lowest BCUT2D eigenvalue weighted by Crippen LogP contribution is -2.37. The van der Waals surface area contributed by atoms with Gasteiger partial charge in [0.2, 0.25) is 11.8 Å². The smallest absolute Gasteiger partial charge is 0.248 e. The van der Waals surface area contributed by atoms with E-state index in [1.165, 1.54) is 0 Å². The molecule has 0 saturated heterocycles. The predicted octanol–water partition coefficient (Wildman–Crippen LogP) is 3.09. The van der Waals surface area contributed by atoms with Gasteiger partial charge in [0.1, 0.15) is 0 Å². The van der Waals surface area contributed by atoms with E-state index in [0.717, 1.165) is 5.56 Å². The highest BCUT2D eigenvalue weighted by Crippen LogP contribution is 2.36. The van der Waals surface area contributed by atoms with Gasteiger partial charge in [0.25, 0.3) is 0 Å². The van der Waals surface area contributed by atoms with Gasteiger partial charge in [-0.3, -0.25) is 4.79 Å². The van der Waals surface area contributed by atoms with Crippen LogP contribution in [0.2, 0.25) is 0 Å². The Labute approximate surface area is 129 Å². The SMILES string of the molecule is O=C(NCC(CCO)c1ccccc1)C1CCC(F)(F)CC1. The minimum atomic E-state index is -2.61. The zero-order valence-corrected chi connectivity index (χ0v) is 12.6. The highest BCUT2D eigenvalue weighted by Gasteiger charge is 2.37. The summed E-state index contributed by atoms with van der Waals surface area (Å²) in [5, 5.41) is 12.0. The summed E-state index contributed by atoms with van der Waals surface area (Å²) in [5.41, 5.74) is 1.06. The first-order chi connectivity index (χ1) is 10.5. The molecule has 1 aromatic carbocycles. The fourth-order valence-corrected chi connectivity index (χ4v) is 2.94. The molecule has 5 heteroatoms. The van der Waals surface area contributed by atoms with Crippen molar-refractivity contribution in [3.05, 3.63) is 35.9 Å². The fourth-order valence-electron chi connectivity index (χ4n) is 2.94. The quantitative estimate of drug-likeness (QED) is 0.848. The van der Waals surface area contributed by atoms with Crippen molar-refractivity contribution >= 4 is 5.91 Å². The Morgan fingerprint density at radius 3 is 2.50 bits per heavy atom. The summed E-state index contributed by atoms with van der Waals surface area (Å²) in [4.78, 5) is 12.1. The van der Waals surface area contributed by atoms with E-state index in [4.69, 9.17) is 0 Å². The number of rotatable bonds is 6. The summed E-state index contributed by atoms with van der Waals surface area (Å²) >= 11 is 0. The molecule has 2 rings (SSSR count). The van der Waals surface area contributed by atoms with Crippen molar-refractivity contribution < 1.29 is 18.7 Å². The van der Waals surface area contributed by atoms with Crippen molar-refractivity contribution in [2.75, 3.05) is 13.2 Å². The van der Waals surface area contributed by atoms with Gasteiger partial charge in [0.15, 0.2) is 0 Å². The number of carbonyl (C=O) groups is 1. The molecule has 1 aromatic rings. The molecular formula is C17H23F2NO2. The Bertz CT molecular complexity index is 469. The number of halogens is 2. The maximum atomic E-state index is 13.1. The van der Waals surface area contributed by atoms with Crippen LogP contribution >= 0.6 is 0 Å². The molecule has 1 atom stereocenters. The average molecular weight is 311 g/mol. The van der Waals surface area contributed by atoms with Crippen molar-refractivity contribution in [1.29, 1.82) is 0 Å². The topological polar surface area (TPSA) is 49.3 Å². The minimum Gasteiger partial charge on any atom is -0.396 e. The van der Waals surface area contributed by atoms with E-state index in [1.807, 2.05) is 30.3 Å². The standard InChI is InChI=1S/C17H23F2NO2/c18-17(19)9-6-14(7-10-17)16(22)20-12-15(8-11-21)13-4-2-1-3-5-13/h1-5,14-15,21H,6-12H2,(H,20,22). The molecular weight excluding hydrogens is 288 g/mol. The first kappa shape index (κ1) is 16.9. The van der Waals surface area contributed by atoms with Crippen LogP contribution in [0.5, 0.6) is 0 Å². The molecule has 0 aromatic heterocycles. The monoisotopic (exact) mass is 311 g/mol. The molecule has 1 aliphatic rings. The van der Waals surface area contributed by atoms with Gasteiger partial charge in [-0.25, -0.2) is 8.78 Å². The lowest BCUT2D eigenvalue weighted by atomic mass is 9.86. The number of hydrogen-bond donors (Lipinski definition) is 2. The zero-order valence-electron chi connectivity index (χ0n) is 12.6. The number of hydrogen-bond acceptors (Lipinski definition) is 2. The van der Waals surface area contributed by atoms with E-state index in [1.54, 1.807) is 0 Å². The third kappa shape index (κ3) is 4.77. The Morgan fingerprint density at radius 2 is 1.91 bits per heavy atom. The Morgan fingerprint density at radius 1 is 1.27 bits per heavy atom. The minimum absolute atomic E-state index is 0.0418. The van der Waals surface area contributed by atoms with Gasteiger partial charge in [-0.15, -0.1) is 0 Å². The molecule has 1 unspecified atom stereocenters. The van der Waals surface area contributed by atoms with Crippen LogP contribution in [0.4, 0.5) is 8.78 Å². The third-order valence-corrected chi connectivity index (χ3v) is 4.36. The number of carbonyl (C=O) groups excluding carboxylic acids is 1. The number of nitrogens with one attached hydrogen (secondary N) is 1. The second kappa shape index (κ2) is 7.68. The fraction of sp³-hybridized carbons (Fsp3) is 0.588. The molecule has 0 heterocycles. The molecule has 1 aliphatic carbocycles. The van der Waals surface area contributed by atoms with Gasteiger partial charge < -0.3 is 10.4 Å². The van der Waals surface area contributed by atoms with E-state index in [-0.39, 0.29) is 50.0 Å². The first-order valence-corrected chi connectivity index (χ1v) is 7.83. The third-order valence-electron chi connectivity index (χ3n) is 4.36. The van der Waals surface area contributed by atoms with E-state index < -0.39 is 5.92 Å². The van der Waals surface area contributed by atoms with Crippen molar-refractivity contribution in [3.63, 3.8) is 0 Å². The van der Waals surface area contributed by atoms with E-state index in [0.29, 0.717) is 13.0 Å². The van der Waals surface area contributed by atoms with Crippen LogP contribution in [0.15, 0.2) is 30.3 Å². The second-order valence-electron chi connectivity index (χ2n) is 6.00. The summed E-state index contributed by atoms with van der Waals surface area (Å²) in [6, 6.07) is 9.69. The normalized spacial score (nSPS) is 19.6. The van der Waals surface area contributed by atoms with Crippen molar-refractivity contribution in [2.45, 2.75) is 43.9 Å². The average Bonchev–Trinajstić information content (AvgIpc) is 2.52. The molecule has 0 bridgehead atoms. The van der Waals surface area contributed by atoms with Crippen molar-refractivity contribution in [2.24, 2.45) is 5.92 Å². The summed E-state index contributed by atoms with van der Waals surface area (Å²) < 4.78 is 26.2. The Balaban J connectivity index is 1.86. The van der Waals surface area contributed by atoms with Crippen LogP contribution in [-0.2, 0) is 4.79 Å². The lowest BCUT2D eigenvalue weighted by molar-refractivity contribution is -0.129. The van der Waals surface area contributed by atoms with Gasteiger partial charge in [-0.05, 0) is 24.8 Å². The van der Waals surface area contributed by atoms with Gasteiger partial charge in [-0.2, -0.15) is 0 Å². The highest BCUT2D eigenvalue weighted by molar-refractivity contribution is 5.78. The van der Waals surface area contributed by atoms with Gasteiger partial charge >= 0.3 is 0 Å². The molecule has 3 nitrogen and oxygen atoms in total. The predicted molar refractivity (Wildman–Crippen MR) is 80.8 cm³/mol. The number of amides is 1. The van der Waals surface area contributed by atoms with Gasteiger partial charge in [0.05, 0.1) is 0 Å². The second-order valence-corrected chi connectivity index (χ2v) is 6.00. The van der Waals surface area contributed by atoms with E-state index in [2.05, 4.69) is 5.32 Å². The first-order valence-electron chi connectivity index (χ1n) is 7.83. The number of aliphatic hydroxyl groups excluding tert-OH is 1. The molecule has 122 valence electrons. The van der Waals surface area contributed by atoms with Crippen molar-refractivity contribution in [3.8, 4) is 0 Å². The molecule has 22 heavy (non-hydrogen) atoms. The van der Waals surface area contributed by atoms with Gasteiger partial charge in [-0.1, -0.05) is 30.3 Å². The highest BCUT2D eigenvalue weighted by atomic mass is 19.3. The van der Waals surface area contributed by atoms with Crippen LogP contribution in [-0.4, -0.2) is 30.1 Å². The summed E-state index contributed by atoms with van der Waals surface area (Å²) in [7, 11) is 0. The van der Waals surface area contributed by atoms with Crippen LogP contribution in [0.1, 0.15) is 43.6 Å². The molecule has 0 spiro atoms. The van der Waals surface area contributed by atoms with Crippen LogP contribution in [0.25, 0.3) is 0 Å². The largest absolute Gasteiger partial charge is 0.396 e. The Kier molecular flexibility index (Phi) is 5.89. The maximum absolute atomic E-state index is 13.1. The zero-order chi connectivity index (χ0) is 16.0. The summed E-state index contributed by atoms with van der Waals surface area (Å²) in [5.74, 6) is -3.03. The molecule has 2 N–H and O–H groups in total. The van der Waals surface area contributed by atoms with Crippen LogP contribution in [0, 0.1) is 5.92 Å². The van der Waals surface area contributed by atoms with Crippen LogP contribution in [0.3, 0.4) is 0 Å². The summed E-state index contributed by atoms with van der Waals surface area (Å²) in [6.45, 7) is 0.474. The number of aliphatic hydroxyl groups is 1. The van der Waals surface area contributed by atoms with Crippen LogP contribution < -0.4 is 5.32 Å². The summed E-state index contributed by atoms with van der Waals surface area (Å²) in [6.07, 6.45) is 0.643. The van der Waals surface area contributed by atoms with Gasteiger partial charge in [0, 0.05) is 37.8 Å². The molecule has 1 saturated carbocycles. The van der Waals surface area contributed by atoms with Crippen molar-refractivity contribution in [1.82, 2.24) is 5.32 Å². The molecule has 0 radical (unpaired) electrons. The Hall–Kier alpha value is -1.49. The van der Waals surface area contributed by atoms with E-state index in [9.17, 15) is 18.7 Å². The molecule has 0 aliphatic heterocycles. The number of benzene rings is 1. The molecule has 1 amide bonds. The van der Waals surface area contributed by atoms with E-state index >= 15 is 0 Å². The molecule has 1 fully saturated rings. The number of alkyl halides is 2.